The topological polar surface area (TPSA) is 66.8 Å². The van der Waals surface area contributed by atoms with E-state index < -0.39 is 17.5 Å². The number of carbonyl (C=O) groups is 1. The first-order chi connectivity index (χ1) is 8.04. The van der Waals surface area contributed by atoms with Crippen LogP contribution in [0.15, 0.2) is 24.3 Å². The zero-order valence-electron chi connectivity index (χ0n) is 8.90. The third-order valence-electron chi connectivity index (χ3n) is 2.47. The average molecular weight is 236 g/mol. The van der Waals surface area contributed by atoms with Crippen molar-refractivity contribution >= 4 is 16.7 Å². The number of halogens is 1. The molecule has 0 unspecified atom stereocenters. The van der Waals surface area contributed by atoms with E-state index in [1.807, 2.05) is 0 Å². The van der Waals surface area contributed by atoms with Crippen LogP contribution in [-0.4, -0.2) is 23.3 Å². The van der Waals surface area contributed by atoms with Crippen molar-refractivity contribution in [3.63, 3.8) is 0 Å². The Labute approximate surface area is 95.9 Å². The molecular weight excluding hydrogens is 227 g/mol. The summed E-state index contributed by atoms with van der Waals surface area (Å²) < 4.78 is 18.5. The Bertz CT molecular complexity index is 607. The van der Waals surface area contributed by atoms with Crippen LogP contribution in [-0.2, 0) is 0 Å². The third-order valence-corrected chi connectivity index (χ3v) is 2.47. The summed E-state index contributed by atoms with van der Waals surface area (Å²) in [4.78, 5) is 10.8. The van der Waals surface area contributed by atoms with Gasteiger partial charge in [0.15, 0.2) is 0 Å². The molecule has 5 heteroatoms. The zero-order valence-corrected chi connectivity index (χ0v) is 8.90. The van der Waals surface area contributed by atoms with Gasteiger partial charge in [-0.2, -0.15) is 0 Å². The van der Waals surface area contributed by atoms with Gasteiger partial charge < -0.3 is 14.9 Å². The number of carboxylic acid groups (broad SMARTS) is 1. The minimum absolute atomic E-state index is 0.0469. The highest BCUT2D eigenvalue weighted by molar-refractivity contribution is 6.00. The molecule has 88 valence electrons. The molecular formula is C12H9FO4. The number of aromatic carboxylic acids is 1. The van der Waals surface area contributed by atoms with E-state index in [4.69, 9.17) is 9.84 Å². The summed E-state index contributed by atoms with van der Waals surface area (Å²) in [6, 6.07) is 4.80. The van der Waals surface area contributed by atoms with Gasteiger partial charge in [-0.15, -0.1) is 0 Å². The lowest BCUT2D eigenvalue weighted by molar-refractivity contribution is 0.0696. The van der Waals surface area contributed by atoms with E-state index in [2.05, 4.69) is 0 Å². The fourth-order valence-electron chi connectivity index (χ4n) is 1.70. The van der Waals surface area contributed by atoms with E-state index in [0.717, 1.165) is 12.1 Å². The number of carboxylic acids is 1. The van der Waals surface area contributed by atoms with Crippen LogP contribution in [0, 0.1) is 5.82 Å². The number of ether oxygens (including phenoxy) is 1. The summed E-state index contributed by atoms with van der Waals surface area (Å²) in [5, 5.41) is 18.7. The van der Waals surface area contributed by atoms with Crippen LogP contribution in [0.25, 0.3) is 10.8 Å². The molecule has 0 aliphatic heterocycles. The molecule has 4 nitrogen and oxygen atoms in total. The van der Waals surface area contributed by atoms with E-state index in [9.17, 15) is 14.3 Å². The number of phenols is 1. The lowest BCUT2D eigenvalue weighted by atomic mass is 10.0. The standard InChI is InChI=1S/C12H9FO4/c1-17-10-3-2-8(13)11-7(10)4-6(12(15)16)5-9(11)14/h2-5,14H,1H3,(H,15,16). The van der Waals surface area contributed by atoms with Crippen molar-refractivity contribution in [2.75, 3.05) is 7.11 Å². The second-order valence-corrected chi connectivity index (χ2v) is 3.47. The van der Waals surface area contributed by atoms with Gasteiger partial charge in [-0.1, -0.05) is 0 Å². The largest absolute Gasteiger partial charge is 0.507 e. The van der Waals surface area contributed by atoms with Crippen LogP contribution >= 0.6 is 0 Å². The van der Waals surface area contributed by atoms with Crippen molar-refractivity contribution in [2.45, 2.75) is 0 Å². The Kier molecular flexibility index (Phi) is 2.59. The third kappa shape index (κ3) is 1.75. The van der Waals surface area contributed by atoms with Gasteiger partial charge in [0.1, 0.15) is 17.3 Å². The molecule has 2 N–H and O–H groups in total. The first-order valence-electron chi connectivity index (χ1n) is 4.77. The Morgan fingerprint density at radius 2 is 2.06 bits per heavy atom. The molecule has 2 rings (SSSR count). The van der Waals surface area contributed by atoms with Crippen molar-refractivity contribution in [3.8, 4) is 11.5 Å². The monoisotopic (exact) mass is 236 g/mol. The van der Waals surface area contributed by atoms with E-state index in [1.165, 1.54) is 19.2 Å². The highest BCUT2D eigenvalue weighted by Gasteiger charge is 2.14. The Hall–Kier alpha value is -2.30. The summed E-state index contributed by atoms with van der Waals surface area (Å²) in [5.41, 5.74) is -0.126. The lowest BCUT2D eigenvalue weighted by Crippen LogP contribution is -1.97. The molecule has 0 heterocycles. The van der Waals surface area contributed by atoms with Crippen LogP contribution < -0.4 is 4.74 Å². The molecule has 0 radical (unpaired) electrons. The fraction of sp³-hybridized carbons (Fsp3) is 0.0833. The first kappa shape index (κ1) is 11.2. The maximum atomic E-state index is 13.5. The number of hydrogen-bond acceptors (Lipinski definition) is 3. The molecule has 0 aliphatic carbocycles. The van der Waals surface area contributed by atoms with Crippen LogP contribution in [0.5, 0.6) is 11.5 Å². The molecule has 0 aliphatic rings. The number of phenolic OH excluding ortho intramolecular Hbond substituents is 1. The van der Waals surface area contributed by atoms with Crippen molar-refractivity contribution in [1.82, 2.24) is 0 Å². The molecule has 17 heavy (non-hydrogen) atoms. The van der Waals surface area contributed by atoms with Crippen molar-refractivity contribution in [1.29, 1.82) is 0 Å². The van der Waals surface area contributed by atoms with Gasteiger partial charge in [0.05, 0.1) is 18.1 Å². The molecule has 0 amide bonds. The van der Waals surface area contributed by atoms with Gasteiger partial charge in [-0.05, 0) is 24.3 Å². The predicted octanol–water partition coefficient (Wildman–Crippen LogP) is 2.39. The minimum Gasteiger partial charge on any atom is -0.507 e. The normalized spacial score (nSPS) is 10.5. The number of fused-ring (bicyclic) bond motifs is 1. The molecule has 0 saturated carbocycles. The molecule has 0 atom stereocenters. The second-order valence-electron chi connectivity index (χ2n) is 3.47. The molecule has 0 bridgehead atoms. The van der Waals surface area contributed by atoms with Crippen molar-refractivity contribution in [3.05, 3.63) is 35.6 Å². The Balaban J connectivity index is 2.89. The Morgan fingerprint density at radius 1 is 1.35 bits per heavy atom. The van der Waals surface area contributed by atoms with Crippen molar-refractivity contribution < 1.29 is 24.1 Å². The predicted molar refractivity (Wildman–Crippen MR) is 59.1 cm³/mol. The number of benzene rings is 2. The van der Waals surface area contributed by atoms with E-state index in [-0.39, 0.29) is 16.3 Å². The van der Waals surface area contributed by atoms with E-state index in [0.29, 0.717) is 5.75 Å². The first-order valence-corrected chi connectivity index (χ1v) is 4.77. The van der Waals surface area contributed by atoms with Crippen LogP contribution in [0.2, 0.25) is 0 Å². The smallest absolute Gasteiger partial charge is 0.335 e. The molecule has 0 aromatic heterocycles. The average Bonchev–Trinajstić information content (AvgIpc) is 2.28. The van der Waals surface area contributed by atoms with Gasteiger partial charge in [0, 0.05) is 5.39 Å². The summed E-state index contributed by atoms with van der Waals surface area (Å²) in [7, 11) is 1.39. The minimum atomic E-state index is -1.20. The molecule has 2 aromatic carbocycles. The highest BCUT2D eigenvalue weighted by atomic mass is 19.1. The second kappa shape index (κ2) is 3.93. The lowest BCUT2D eigenvalue weighted by Gasteiger charge is -2.08. The van der Waals surface area contributed by atoms with E-state index in [1.54, 1.807) is 0 Å². The maximum Gasteiger partial charge on any atom is 0.335 e. The summed E-state index contributed by atoms with van der Waals surface area (Å²) in [6.07, 6.45) is 0. The molecule has 0 spiro atoms. The number of methoxy groups -OCH3 is 1. The molecule has 0 fully saturated rings. The number of hydrogen-bond donors (Lipinski definition) is 2. The zero-order chi connectivity index (χ0) is 12.6. The summed E-state index contributed by atoms with van der Waals surface area (Å²) in [5.74, 6) is -1.94. The van der Waals surface area contributed by atoms with Gasteiger partial charge in [0.2, 0.25) is 0 Å². The van der Waals surface area contributed by atoms with Crippen LogP contribution in [0.4, 0.5) is 4.39 Å². The summed E-state index contributed by atoms with van der Waals surface area (Å²) >= 11 is 0. The number of aromatic hydroxyl groups is 1. The van der Waals surface area contributed by atoms with Gasteiger partial charge >= 0.3 is 5.97 Å². The van der Waals surface area contributed by atoms with Crippen LogP contribution in [0.3, 0.4) is 0 Å². The quantitative estimate of drug-likeness (QED) is 0.840. The molecule has 2 aromatic rings. The fourth-order valence-corrected chi connectivity index (χ4v) is 1.70. The molecule has 0 saturated heterocycles. The van der Waals surface area contributed by atoms with Gasteiger partial charge in [-0.3, -0.25) is 0 Å². The SMILES string of the molecule is COc1ccc(F)c2c(O)cc(C(=O)O)cc12. The van der Waals surface area contributed by atoms with E-state index >= 15 is 0 Å². The Morgan fingerprint density at radius 3 is 2.65 bits per heavy atom. The van der Waals surface area contributed by atoms with Gasteiger partial charge in [0.25, 0.3) is 0 Å². The number of rotatable bonds is 2. The van der Waals surface area contributed by atoms with Crippen LogP contribution in [0.1, 0.15) is 10.4 Å². The maximum absolute atomic E-state index is 13.5. The summed E-state index contributed by atoms with van der Waals surface area (Å²) in [6.45, 7) is 0. The highest BCUT2D eigenvalue weighted by Crippen LogP contribution is 2.34. The van der Waals surface area contributed by atoms with Gasteiger partial charge in [-0.25, -0.2) is 9.18 Å². The van der Waals surface area contributed by atoms with Crippen molar-refractivity contribution in [2.24, 2.45) is 0 Å².